The fourth-order valence-electron chi connectivity index (χ4n) is 2.64. The van der Waals surface area contributed by atoms with Gasteiger partial charge in [0.05, 0.1) is 13.2 Å². The van der Waals surface area contributed by atoms with Crippen LogP contribution in [0.4, 0.5) is 0 Å². The van der Waals surface area contributed by atoms with E-state index in [0.717, 1.165) is 23.7 Å². The molecule has 0 aliphatic carbocycles. The molecule has 1 aliphatic heterocycles. The summed E-state index contributed by atoms with van der Waals surface area (Å²) in [6, 6.07) is 12.3. The summed E-state index contributed by atoms with van der Waals surface area (Å²) in [5.74, 6) is 0.314. The van der Waals surface area contributed by atoms with Crippen molar-refractivity contribution in [3.05, 3.63) is 48.0 Å². The molecule has 0 fully saturated rings. The summed E-state index contributed by atoms with van der Waals surface area (Å²) in [4.78, 5) is 28.5. The van der Waals surface area contributed by atoms with E-state index >= 15 is 0 Å². The van der Waals surface area contributed by atoms with Crippen LogP contribution in [0.15, 0.2) is 52.1 Å². The normalized spacial score (nSPS) is 13.1. The van der Waals surface area contributed by atoms with Gasteiger partial charge < -0.3 is 18.6 Å². The zero-order valence-electron chi connectivity index (χ0n) is 14.9. The van der Waals surface area contributed by atoms with Crippen LogP contribution in [-0.2, 0) is 9.53 Å². The number of Topliss-reactive ketones (excluding diaryl/α,β-unsaturated/α-hetero) is 1. The maximum atomic E-state index is 12.3. The van der Waals surface area contributed by atoms with Crippen LogP contribution in [0.1, 0.15) is 16.8 Å². The standard InChI is InChI=1S/C20H17NO6S/c22-15(13-6-7-17-18(10-13)25-9-3-8-24-17)11-26-19(23)12-28-20-21-14-4-1-2-5-16(14)27-20/h1-2,4-7,10H,3,8-9,11-12H2. The molecule has 2 heterocycles. The molecular formula is C20H17NO6S. The summed E-state index contributed by atoms with van der Waals surface area (Å²) >= 11 is 1.12. The number of para-hydroxylation sites is 2. The number of aromatic nitrogens is 1. The zero-order valence-corrected chi connectivity index (χ0v) is 15.7. The molecule has 0 spiro atoms. The van der Waals surface area contributed by atoms with Crippen LogP contribution in [0.5, 0.6) is 11.5 Å². The maximum Gasteiger partial charge on any atom is 0.316 e. The van der Waals surface area contributed by atoms with E-state index < -0.39 is 5.97 Å². The minimum atomic E-state index is -0.519. The molecule has 4 rings (SSSR count). The lowest BCUT2D eigenvalue weighted by atomic mass is 10.1. The second kappa shape index (κ2) is 8.35. The Bertz CT molecular complexity index is 982. The topological polar surface area (TPSA) is 87.9 Å². The Morgan fingerprint density at radius 3 is 2.75 bits per heavy atom. The van der Waals surface area contributed by atoms with Crippen LogP contribution in [0.3, 0.4) is 0 Å². The number of rotatable bonds is 6. The number of hydrogen-bond donors (Lipinski definition) is 0. The monoisotopic (exact) mass is 399 g/mol. The average molecular weight is 399 g/mol. The molecule has 1 aromatic heterocycles. The number of esters is 1. The third-order valence-electron chi connectivity index (χ3n) is 4.02. The van der Waals surface area contributed by atoms with E-state index in [1.807, 2.05) is 18.2 Å². The maximum absolute atomic E-state index is 12.3. The number of hydrogen-bond acceptors (Lipinski definition) is 8. The Hall–Kier alpha value is -3.00. The van der Waals surface area contributed by atoms with E-state index in [4.69, 9.17) is 18.6 Å². The summed E-state index contributed by atoms with van der Waals surface area (Å²) in [5, 5.41) is 0.382. The summed E-state index contributed by atoms with van der Waals surface area (Å²) in [7, 11) is 0. The van der Waals surface area contributed by atoms with Crippen molar-refractivity contribution in [1.29, 1.82) is 0 Å². The molecule has 0 amide bonds. The minimum Gasteiger partial charge on any atom is -0.490 e. The number of ether oxygens (including phenoxy) is 3. The van der Waals surface area contributed by atoms with E-state index in [1.54, 1.807) is 24.3 Å². The minimum absolute atomic E-state index is 0.00123. The molecule has 28 heavy (non-hydrogen) atoms. The van der Waals surface area contributed by atoms with Crippen molar-refractivity contribution in [1.82, 2.24) is 4.98 Å². The van der Waals surface area contributed by atoms with Crippen molar-refractivity contribution < 1.29 is 28.2 Å². The fourth-order valence-corrected chi connectivity index (χ4v) is 3.28. The molecule has 0 saturated carbocycles. The van der Waals surface area contributed by atoms with E-state index in [-0.39, 0.29) is 18.1 Å². The first-order valence-electron chi connectivity index (χ1n) is 8.76. The van der Waals surface area contributed by atoms with Gasteiger partial charge in [-0.25, -0.2) is 4.98 Å². The molecule has 1 aliphatic rings. The molecule has 3 aromatic rings. The summed E-state index contributed by atoms with van der Waals surface area (Å²) in [5.41, 5.74) is 1.79. The number of fused-ring (bicyclic) bond motifs is 2. The first-order valence-corrected chi connectivity index (χ1v) is 9.74. The summed E-state index contributed by atoms with van der Waals surface area (Å²) in [6.07, 6.45) is 0.785. The van der Waals surface area contributed by atoms with Gasteiger partial charge in [0.25, 0.3) is 5.22 Å². The van der Waals surface area contributed by atoms with Crippen LogP contribution in [0, 0.1) is 0 Å². The van der Waals surface area contributed by atoms with E-state index in [9.17, 15) is 9.59 Å². The number of carbonyl (C=O) groups is 2. The Balaban J connectivity index is 1.29. The largest absolute Gasteiger partial charge is 0.490 e. The fraction of sp³-hybridized carbons (Fsp3) is 0.250. The highest BCUT2D eigenvalue weighted by Gasteiger charge is 2.16. The van der Waals surface area contributed by atoms with Gasteiger partial charge in [-0.1, -0.05) is 23.9 Å². The van der Waals surface area contributed by atoms with Gasteiger partial charge in [-0.3, -0.25) is 9.59 Å². The molecule has 0 atom stereocenters. The predicted molar refractivity (Wildman–Crippen MR) is 102 cm³/mol. The van der Waals surface area contributed by atoms with E-state index in [1.165, 1.54) is 0 Å². The van der Waals surface area contributed by atoms with Crippen molar-refractivity contribution in [3.8, 4) is 11.5 Å². The van der Waals surface area contributed by atoms with Gasteiger partial charge in [0.2, 0.25) is 0 Å². The molecule has 0 bridgehead atoms. The quantitative estimate of drug-likeness (QED) is 0.354. The zero-order chi connectivity index (χ0) is 19.3. The van der Waals surface area contributed by atoms with Crippen molar-refractivity contribution in [2.45, 2.75) is 11.6 Å². The SMILES string of the molecule is O=C(CSc1nc2ccccc2o1)OCC(=O)c1ccc2c(c1)OCCCO2. The van der Waals surface area contributed by atoms with Crippen LogP contribution in [0.25, 0.3) is 11.1 Å². The van der Waals surface area contributed by atoms with Crippen molar-refractivity contribution in [3.63, 3.8) is 0 Å². The average Bonchev–Trinajstić information content (AvgIpc) is 2.99. The predicted octanol–water partition coefficient (Wildman–Crippen LogP) is 3.51. The van der Waals surface area contributed by atoms with Gasteiger partial charge in [0.1, 0.15) is 11.3 Å². The highest BCUT2D eigenvalue weighted by atomic mass is 32.2. The lowest BCUT2D eigenvalue weighted by Gasteiger charge is -2.09. The first kappa shape index (κ1) is 18.4. The Labute approximate surface area is 165 Å². The molecular weight excluding hydrogens is 382 g/mol. The number of thioether (sulfide) groups is 1. The van der Waals surface area contributed by atoms with Gasteiger partial charge in [-0.2, -0.15) is 0 Å². The lowest BCUT2D eigenvalue weighted by molar-refractivity contribution is -0.139. The van der Waals surface area contributed by atoms with Gasteiger partial charge >= 0.3 is 5.97 Å². The van der Waals surface area contributed by atoms with Gasteiger partial charge in [-0.15, -0.1) is 0 Å². The Morgan fingerprint density at radius 2 is 1.89 bits per heavy atom. The third kappa shape index (κ3) is 4.28. The number of ketones is 1. The van der Waals surface area contributed by atoms with Gasteiger partial charge in [-0.05, 0) is 30.3 Å². The molecule has 0 saturated heterocycles. The molecule has 7 nitrogen and oxygen atoms in total. The van der Waals surface area contributed by atoms with Crippen molar-refractivity contribution in [2.75, 3.05) is 25.6 Å². The molecule has 2 aromatic carbocycles. The van der Waals surface area contributed by atoms with Crippen LogP contribution >= 0.6 is 11.8 Å². The molecule has 0 N–H and O–H groups in total. The van der Waals surface area contributed by atoms with Crippen LogP contribution in [0.2, 0.25) is 0 Å². The summed E-state index contributed by atoms with van der Waals surface area (Å²) < 4.78 is 21.7. The molecule has 8 heteroatoms. The van der Waals surface area contributed by atoms with E-state index in [0.29, 0.717) is 41.1 Å². The molecule has 144 valence electrons. The second-order valence-electron chi connectivity index (χ2n) is 6.03. The number of carbonyl (C=O) groups excluding carboxylic acids is 2. The van der Waals surface area contributed by atoms with Gasteiger partial charge in [0.15, 0.2) is 29.5 Å². The number of benzene rings is 2. The molecule has 0 radical (unpaired) electrons. The third-order valence-corrected chi connectivity index (χ3v) is 4.82. The van der Waals surface area contributed by atoms with E-state index in [2.05, 4.69) is 4.98 Å². The Morgan fingerprint density at radius 1 is 1.07 bits per heavy atom. The van der Waals surface area contributed by atoms with Crippen LogP contribution < -0.4 is 9.47 Å². The highest BCUT2D eigenvalue weighted by Crippen LogP contribution is 2.30. The summed E-state index contributed by atoms with van der Waals surface area (Å²) in [6.45, 7) is 0.773. The second-order valence-corrected chi connectivity index (χ2v) is 6.96. The van der Waals surface area contributed by atoms with Crippen molar-refractivity contribution >= 4 is 34.6 Å². The van der Waals surface area contributed by atoms with Crippen molar-refractivity contribution in [2.24, 2.45) is 0 Å². The number of nitrogens with zero attached hydrogens (tertiary/aromatic N) is 1. The lowest BCUT2D eigenvalue weighted by Crippen LogP contribution is -2.15. The Kier molecular flexibility index (Phi) is 5.48. The number of oxazole rings is 1. The molecule has 0 unspecified atom stereocenters. The van der Waals surface area contributed by atoms with Crippen LogP contribution in [-0.4, -0.2) is 42.3 Å². The van der Waals surface area contributed by atoms with Gasteiger partial charge in [0, 0.05) is 12.0 Å². The highest BCUT2D eigenvalue weighted by molar-refractivity contribution is 7.99. The first-order chi connectivity index (χ1) is 13.7. The smallest absolute Gasteiger partial charge is 0.316 e.